The number of amides is 1. The van der Waals surface area contributed by atoms with E-state index in [9.17, 15) is 22.8 Å². The fourth-order valence-electron chi connectivity index (χ4n) is 3.60. The number of carboxylic acids is 1. The summed E-state index contributed by atoms with van der Waals surface area (Å²) in [4.78, 5) is 38.0. The fourth-order valence-corrected chi connectivity index (χ4v) is 4.25. The van der Waals surface area contributed by atoms with Crippen LogP contribution in [0.25, 0.3) is 0 Å². The van der Waals surface area contributed by atoms with Crippen molar-refractivity contribution in [1.82, 2.24) is 10.2 Å². The summed E-state index contributed by atoms with van der Waals surface area (Å²) in [6.07, 6.45) is 1.02. The molecule has 0 saturated carbocycles. The van der Waals surface area contributed by atoms with Crippen molar-refractivity contribution in [2.45, 2.75) is 31.5 Å². The van der Waals surface area contributed by atoms with Gasteiger partial charge in [-0.05, 0) is 55.8 Å². The summed E-state index contributed by atoms with van der Waals surface area (Å²) in [5, 5.41) is 18.7. The maximum absolute atomic E-state index is 12.6. The number of hydrogen-bond donors (Lipinski definition) is 5. The minimum atomic E-state index is -4.62. The van der Waals surface area contributed by atoms with E-state index in [1.807, 2.05) is 0 Å². The Morgan fingerprint density at radius 1 is 1.23 bits per heavy atom. The molecule has 0 bridgehead atoms. The third-order valence-electron chi connectivity index (χ3n) is 5.26. The van der Waals surface area contributed by atoms with Gasteiger partial charge in [0.05, 0.1) is 12.6 Å². The van der Waals surface area contributed by atoms with Gasteiger partial charge in [-0.2, -0.15) is 8.42 Å². The summed E-state index contributed by atoms with van der Waals surface area (Å²) in [7, 11) is -4.62. The van der Waals surface area contributed by atoms with E-state index in [1.165, 1.54) is 30.3 Å². The molecule has 3 rings (SSSR count). The van der Waals surface area contributed by atoms with Crippen LogP contribution in [0.15, 0.2) is 40.8 Å². The lowest BCUT2D eigenvalue weighted by Crippen LogP contribution is -2.51. The van der Waals surface area contributed by atoms with Crippen LogP contribution in [0.4, 0.5) is 0 Å². The minimum absolute atomic E-state index is 0.0741. The van der Waals surface area contributed by atoms with Crippen LogP contribution in [-0.4, -0.2) is 71.0 Å². The summed E-state index contributed by atoms with van der Waals surface area (Å²) in [6.45, 7) is 0.617. The predicted octanol–water partition coefficient (Wildman–Crippen LogP) is 0.204. The van der Waals surface area contributed by atoms with Crippen molar-refractivity contribution < 1.29 is 41.6 Å². The first-order chi connectivity index (χ1) is 16.4. The van der Waals surface area contributed by atoms with Gasteiger partial charge < -0.3 is 25.3 Å². The molecule has 2 aromatic rings. The van der Waals surface area contributed by atoms with Gasteiger partial charge in [0.2, 0.25) is 11.7 Å². The number of nitrogen functional groups attached to an aromatic ring is 1. The largest absolute Gasteiger partial charge is 0.480 e. The summed E-state index contributed by atoms with van der Waals surface area (Å²) < 4.78 is 41.8. The number of nitrogens with one attached hydrogen (secondary N) is 2. The molecule has 188 valence electrons. The zero-order valence-corrected chi connectivity index (χ0v) is 19.2. The quantitative estimate of drug-likeness (QED) is 0.0961. The Labute approximate surface area is 200 Å². The number of likely N-dealkylation sites (tertiary alicyclic amines) is 1. The summed E-state index contributed by atoms with van der Waals surface area (Å²) in [6, 6.07) is 6.44. The molecule has 6 N–H and O–H groups in total. The van der Waals surface area contributed by atoms with E-state index in [4.69, 9.17) is 30.0 Å². The highest BCUT2D eigenvalue weighted by Gasteiger charge is 2.35. The minimum Gasteiger partial charge on any atom is -0.480 e. The number of ether oxygens (including phenoxy) is 1. The number of carbonyl (C=O) groups is 3. The molecule has 0 unspecified atom stereocenters. The summed E-state index contributed by atoms with van der Waals surface area (Å²) >= 11 is 0. The van der Waals surface area contributed by atoms with Gasteiger partial charge in [0.1, 0.15) is 29.1 Å². The first kappa shape index (κ1) is 25.9. The Hall–Kier alpha value is -3.75. The monoisotopic (exact) mass is 508 g/mol. The van der Waals surface area contributed by atoms with Crippen molar-refractivity contribution in [3.63, 3.8) is 0 Å². The number of furan rings is 1. The van der Waals surface area contributed by atoms with Gasteiger partial charge >= 0.3 is 11.9 Å². The van der Waals surface area contributed by atoms with Crippen molar-refractivity contribution in [3.05, 3.63) is 53.5 Å². The average molecular weight is 509 g/mol. The number of benzene rings is 1. The number of hydrogen-bond acceptors (Lipinski definition) is 9. The molecule has 2 heterocycles. The zero-order chi connectivity index (χ0) is 25.8. The van der Waals surface area contributed by atoms with Crippen LogP contribution in [0.1, 0.15) is 34.7 Å². The number of esters is 1. The third-order valence-corrected chi connectivity index (χ3v) is 6.01. The SMILES string of the molecule is N=C(N)c1ccc(OC(=O)c2ccc(CN3CCC[C@@H]3C(=O)N[C@@H](CS(=O)(=O)O)C(=O)O)o2)cc1. The third kappa shape index (κ3) is 7.11. The van der Waals surface area contributed by atoms with Crippen molar-refractivity contribution in [2.75, 3.05) is 12.3 Å². The highest BCUT2D eigenvalue weighted by Crippen LogP contribution is 2.22. The molecule has 14 heteroatoms. The molecule has 1 saturated heterocycles. The zero-order valence-electron chi connectivity index (χ0n) is 18.3. The molecule has 1 aromatic heterocycles. The van der Waals surface area contributed by atoms with Crippen LogP contribution < -0.4 is 15.8 Å². The Morgan fingerprint density at radius 3 is 2.51 bits per heavy atom. The summed E-state index contributed by atoms with van der Waals surface area (Å²) in [5.74, 6) is -3.80. The summed E-state index contributed by atoms with van der Waals surface area (Å²) in [5.41, 5.74) is 5.86. The Morgan fingerprint density at radius 2 is 1.91 bits per heavy atom. The average Bonchev–Trinajstić information content (AvgIpc) is 3.42. The lowest BCUT2D eigenvalue weighted by Gasteiger charge is -2.24. The standard InChI is InChI=1S/C21H24N4O9S/c22-18(23)12-3-5-13(6-4-12)34-21(29)17-8-7-14(33-17)10-25-9-1-2-16(25)19(26)24-15(20(27)28)11-35(30,31)32/h3-8,15-16H,1-2,9-11H2,(H3,22,23)(H,24,26)(H,27,28)(H,30,31,32)/t15-,16+/m0/s1. The molecule has 13 nitrogen and oxygen atoms in total. The van der Waals surface area contributed by atoms with Crippen molar-refractivity contribution >= 4 is 33.8 Å². The second-order valence-electron chi connectivity index (χ2n) is 7.87. The number of rotatable bonds is 10. The number of nitrogens with zero attached hydrogens (tertiary/aromatic N) is 1. The van der Waals surface area contributed by atoms with Gasteiger partial charge in [0, 0.05) is 5.56 Å². The van der Waals surface area contributed by atoms with Crippen LogP contribution in [0.5, 0.6) is 5.75 Å². The van der Waals surface area contributed by atoms with E-state index in [0.29, 0.717) is 30.7 Å². The number of carbonyl (C=O) groups excluding carboxylic acids is 2. The molecule has 0 aliphatic carbocycles. The number of nitrogens with two attached hydrogens (primary N) is 1. The molecule has 1 amide bonds. The van der Waals surface area contributed by atoms with E-state index in [0.717, 1.165) is 0 Å². The van der Waals surface area contributed by atoms with Gasteiger partial charge in [-0.25, -0.2) is 9.59 Å². The molecule has 2 atom stereocenters. The highest BCUT2D eigenvalue weighted by atomic mass is 32.2. The topological polar surface area (TPSA) is 213 Å². The van der Waals surface area contributed by atoms with E-state index < -0.39 is 45.8 Å². The van der Waals surface area contributed by atoms with E-state index in [1.54, 1.807) is 11.0 Å². The van der Waals surface area contributed by atoms with E-state index in [2.05, 4.69) is 5.32 Å². The van der Waals surface area contributed by atoms with Crippen LogP contribution in [0.2, 0.25) is 0 Å². The second kappa shape index (κ2) is 10.7. The predicted molar refractivity (Wildman–Crippen MR) is 121 cm³/mol. The van der Waals surface area contributed by atoms with Crippen LogP contribution in [0.3, 0.4) is 0 Å². The first-order valence-corrected chi connectivity index (χ1v) is 12.0. The van der Waals surface area contributed by atoms with Crippen molar-refractivity contribution in [2.24, 2.45) is 5.73 Å². The van der Waals surface area contributed by atoms with E-state index in [-0.39, 0.29) is 23.9 Å². The molecule has 0 radical (unpaired) electrons. The number of carboxylic acid groups (broad SMARTS) is 1. The smallest absolute Gasteiger partial charge is 0.379 e. The molecule has 35 heavy (non-hydrogen) atoms. The molecular weight excluding hydrogens is 484 g/mol. The van der Waals surface area contributed by atoms with Gasteiger partial charge in [-0.15, -0.1) is 0 Å². The molecule has 1 fully saturated rings. The Balaban J connectivity index is 1.61. The molecular formula is C21H24N4O9S. The normalized spacial score (nSPS) is 17.0. The first-order valence-electron chi connectivity index (χ1n) is 10.4. The lowest BCUT2D eigenvalue weighted by molar-refractivity contribution is -0.142. The maximum Gasteiger partial charge on any atom is 0.379 e. The number of aliphatic carboxylic acids is 1. The van der Waals surface area contributed by atoms with Crippen molar-refractivity contribution in [3.8, 4) is 5.75 Å². The van der Waals surface area contributed by atoms with Crippen LogP contribution in [-0.2, 0) is 26.3 Å². The highest BCUT2D eigenvalue weighted by molar-refractivity contribution is 7.85. The lowest BCUT2D eigenvalue weighted by atomic mass is 10.2. The van der Waals surface area contributed by atoms with Crippen LogP contribution in [0, 0.1) is 5.41 Å². The molecule has 1 aliphatic heterocycles. The van der Waals surface area contributed by atoms with Crippen LogP contribution >= 0.6 is 0 Å². The fraction of sp³-hybridized carbons (Fsp3) is 0.333. The molecule has 1 aromatic carbocycles. The van der Waals surface area contributed by atoms with Gasteiger partial charge in [0.25, 0.3) is 10.1 Å². The molecule has 1 aliphatic rings. The van der Waals surface area contributed by atoms with Gasteiger partial charge in [-0.3, -0.25) is 19.7 Å². The number of amidine groups is 1. The van der Waals surface area contributed by atoms with Crippen molar-refractivity contribution in [1.29, 1.82) is 5.41 Å². The van der Waals surface area contributed by atoms with Gasteiger partial charge in [0.15, 0.2) is 0 Å². The maximum atomic E-state index is 12.6. The Kier molecular flexibility index (Phi) is 7.89. The van der Waals surface area contributed by atoms with Gasteiger partial charge in [-0.1, -0.05) is 0 Å². The molecule has 0 spiro atoms. The Bertz CT molecular complexity index is 1220. The second-order valence-corrected chi connectivity index (χ2v) is 9.37. The van der Waals surface area contributed by atoms with E-state index >= 15 is 0 Å².